The van der Waals surface area contributed by atoms with Crippen LogP contribution >= 0.6 is 0 Å². The molecule has 14 aliphatic rings. The summed E-state index contributed by atoms with van der Waals surface area (Å²) in [5.41, 5.74) is 0. The maximum absolute atomic E-state index is 1.65. The second kappa shape index (κ2) is 28.9. The van der Waals surface area contributed by atoms with Gasteiger partial charge in [-0.3, -0.25) is 0 Å². The molecule has 0 heteroatoms. The van der Waals surface area contributed by atoms with Crippen LogP contribution in [0.15, 0.2) is 0 Å². The third kappa shape index (κ3) is 14.4. The average molecular weight is 1120 g/mol. The van der Waals surface area contributed by atoms with E-state index in [1.807, 2.05) is 0 Å². The largest absolute Gasteiger partial charge is 0.0533 e. The van der Waals surface area contributed by atoms with Crippen molar-refractivity contribution in [2.45, 2.75) is 360 Å². The Morgan fingerprint density at radius 3 is 0.293 bits per heavy atom. The third-order valence-electron chi connectivity index (χ3n) is 33.2. The summed E-state index contributed by atoms with van der Waals surface area (Å²) < 4.78 is 0. The molecule has 0 radical (unpaired) electrons. The predicted molar refractivity (Wildman–Crippen MR) is 349 cm³/mol. The van der Waals surface area contributed by atoms with E-state index in [0.29, 0.717) is 0 Å². The summed E-state index contributed by atoms with van der Waals surface area (Å²) in [7, 11) is 0. The van der Waals surface area contributed by atoms with Crippen LogP contribution in [0, 0.1) is 154 Å². The number of hydrogen-bond acceptors (Lipinski definition) is 0. The van der Waals surface area contributed by atoms with Gasteiger partial charge < -0.3 is 0 Å². The molecule has 0 nitrogen and oxygen atoms in total. The maximum atomic E-state index is 1.65. The topological polar surface area (TPSA) is 0 Å². The zero-order valence-corrected chi connectivity index (χ0v) is 54.6. The molecule has 0 heterocycles. The van der Waals surface area contributed by atoms with Crippen LogP contribution in [-0.4, -0.2) is 0 Å². The highest BCUT2D eigenvalue weighted by Crippen LogP contribution is 2.57. The van der Waals surface area contributed by atoms with Crippen molar-refractivity contribution in [3.8, 4) is 0 Å². The lowest BCUT2D eigenvalue weighted by molar-refractivity contribution is 0.0265. The van der Waals surface area contributed by atoms with Crippen LogP contribution < -0.4 is 0 Å². The molecule has 14 aliphatic carbocycles. The first-order chi connectivity index (χ1) is 40.6. The van der Waals surface area contributed by atoms with Gasteiger partial charge in [-0.25, -0.2) is 0 Å². The molecule has 0 aromatic carbocycles. The predicted octanol–water partition coefficient (Wildman–Crippen LogP) is 25.0. The SMILES string of the molecule is C1CCC(C2CCC(C3CCC(C4CCC(C5CCC(C6CCC(C7CCC8CC(C9CCC(C%10CCC(C%11CCC(C%12CCC(C%13CCC(C%14CCCCC%14)CC%13)CC%12)CC%11)CC%10)CC9)CCC8C7)CC6)CC5)CC4)CC3)CC2)CC1. The number of rotatable bonds is 12. The normalized spacial score (nSPS) is 49.3. The highest BCUT2D eigenvalue weighted by Gasteiger charge is 2.45. The number of hydrogen-bond donors (Lipinski definition) is 0. The van der Waals surface area contributed by atoms with Crippen LogP contribution in [0.3, 0.4) is 0 Å². The van der Waals surface area contributed by atoms with Gasteiger partial charge >= 0.3 is 0 Å². The summed E-state index contributed by atoms with van der Waals surface area (Å²) >= 11 is 0. The first-order valence-electron chi connectivity index (χ1n) is 40.6. The first-order valence-corrected chi connectivity index (χ1v) is 40.6. The van der Waals surface area contributed by atoms with E-state index in [9.17, 15) is 0 Å². The van der Waals surface area contributed by atoms with Gasteiger partial charge in [-0.1, -0.05) is 64.2 Å². The molecule has 0 aromatic rings. The molecule has 0 aliphatic heterocycles. The van der Waals surface area contributed by atoms with E-state index < -0.39 is 0 Å². The fourth-order valence-electron chi connectivity index (χ4n) is 27.9. The average Bonchev–Trinajstić information content (AvgIpc) is 3.67. The Labute approximate surface area is 510 Å². The Morgan fingerprint density at radius 1 is 0.0732 bits per heavy atom. The van der Waals surface area contributed by atoms with E-state index >= 15 is 0 Å². The third-order valence-corrected chi connectivity index (χ3v) is 33.2. The molecule has 4 unspecified atom stereocenters. The fourth-order valence-corrected chi connectivity index (χ4v) is 27.9. The molecule has 14 rings (SSSR count). The second-order valence-electron chi connectivity index (χ2n) is 36.2. The van der Waals surface area contributed by atoms with Crippen molar-refractivity contribution in [2.24, 2.45) is 154 Å². The van der Waals surface area contributed by atoms with Gasteiger partial charge in [0.1, 0.15) is 0 Å². The highest BCUT2D eigenvalue weighted by atomic mass is 14.5. The molecular weight excluding hydrogens is 985 g/mol. The molecular formula is C82H138. The van der Waals surface area contributed by atoms with Crippen molar-refractivity contribution in [1.29, 1.82) is 0 Å². The smallest absolute Gasteiger partial charge is 0.0383 e. The number of fused-ring (bicyclic) bond motifs is 1. The van der Waals surface area contributed by atoms with Gasteiger partial charge in [0.2, 0.25) is 0 Å². The molecule has 0 aromatic heterocycles. The lowest BCUT2D eigenvalue weighted by Gasteiger charge is -2.48. The minimum absolute atomic E-state index is 1.10. The Hall–Kier alpha value is 0. The van der Waals surface area contributed by atoms with Gasteiger partial charge in [-0.15, -0.1) is 0 Å². The molecule has 4 atom stereocenters. The van der Waals surface area contributed by atoms with Crippen molar-refractivity contribution < 1.29 is 0 Å². The lowest BCUT2D eigenvalue weighted by atomic mass is 9.57. The van der Waals surface area contributed by atoms with Crippen LogP contribution in [0.4, 0.5) is 0 Å². The first kappa shape index (κ1) is 59.6. The van der Waals surface area contributed by atoms with Gasteiger partial charge in [0.05, 0.1) is 0 Å². The van der Waals surface area contributed by atoms with E-state index in [-0.39, 0.29) is 0 Å². The highest BCUT2D eigenvalue weighted by molar-refractivity contribution is 4.96. The molecule has 466 valence electrons. The van der Waals surface area contributed by atoms with Gasteiger partial charge in [-0.05, 0) is 449 Å². The Morgan fingerprint density at radius 2 is 0.159 bits per heavy atom. The van der Waals surface area contributed by atoms with Gasteiger partial charge in [0.25, 0.3) is 0 Å². The fraction of sp³-hybridized carbons (Fsp3) is 1.00. The Kier molecular flexibility index (Phi) is 21.0. The van der Waals surface area contributed by atoms with E-state index in [4.69, 9.17) is 0 Å². The van der Waals surface area contributed by atoms with Crippen LogP contribution in [-0.2, 0) is 0 Å². The minimum Gasteiger partial charge on any atom is -0.0533 e. The molecule has 82 heavy (non-hydrogen) atoms. The molecule has 0 spiro atoms. The van der Waals surface area contributed by atoms with E-state index in [2.05, 4.69) is 0 Å². The van der Waals surface area contributed by atoms with Gasteiger partial charge in [-0.2, -0.15) is 0 Å². The molecule has 0 bridgehead atoms. The quantitative estimate of drug-likeness (QED) is 0.183. The maximum Gasteiger partial charge on any atom is -0.0383 e. The van der Waals surface area contributed by atoms with Crippen LogP contribution in [0.25, 0.3) is 0 Å². The van der Waals surface area contributed by atoms with Gasteiger partial charge in [0, 0.05) is 0 Å². The summed E-state index contributed by atoms with van der Waals surface area (Å²) in [6.07, 6.45) is 89.9. The summed E-state index contributed by atoms with van der Waals surface area (Å²) in [5.74, 6) is 28.8. The summed E-state index contributed by atoms with van der Waals surface area (Å²) in [6, 6.07) is 0. The molecule has 0 amide bonds. The molecule has 0 saturated heterocycles. The van der Waals surface area contributed by atoms with E-state index in [1.54, 1.807) is 347 Å². The Bertz CT molecular complexity index is 1670. The van der Waals surface area contributed by atoms with Crippen molar-refractivity contribution >= 4 is 0 Å². The van der Waals surface area contributed by atoms with Crippen LogP contribution in [0.2, 0.25) is 0 Å². The standard InChI is InChI=1S/C82H138/c1-3-7-57(8-4-1)59-11-15-61(16-12-59)63-19-23-65(24-20-63)67-27-31-69(32-28-67)71-35-39-73(40-36-71)75-43-47-77(48-44-75)79-51-53-82-56-80(52-54-81(82)55-79)78-49-45-76(46-50-78)74-41-37-72(38-42-74)70-33-29-68(30-34-70)66-25-21-64(22-26-66)62-17-13-60(14-18-62)58-9-5-2-6-10-58/h57-82H,1-56H2. The van der Waals surface area contributed by atoms with Gasteiger partial charge in [0.15, 0.2) is 0 Å². The second-order valence-corrected chi connectivity index (χ2v) is 36.2. The lowest BCUT2D eigenvalue weighted by Crippen LogP contribution is -2.37. The summed E-state index contributed by atoms with van der Waals surface area (Å²) in [6.45, 7) is 0. The van der Waals surface area contributed by atoms with E-state index in [0.717, 1.165) is 154 Å². The van der Waals surface area contributed by atoms with Crippen molar-refractivity contribution in [2.75, 3.05) is 0 Å². The zero-order chi connectivity index (χ0) is 54.6. The molecule has 14 fully saturated rings. The Balaban J connectivity index is 0.432. The van der Waals surface area contributed by atoms with Crippen LogP contribution in [0.1, 0.15) is 360 Å². The monoisotopic (exact) mass is 1120 g/mol. The van der Waals surface area contributed by atoms with E-state index in [1.165, 1.54) is 12.8 Å². The minimum atomic E-state index is 1.10. The zero-order valence-electron chi connectivity index (χ0n) is 54.6. The van der Waals surface area contributed by atoms with Crippen molar-refractivity contribution in [1.82, 2.24) is 0 Å². The summed E-state index contributed by atoms with van der Waals surface area (Å²) in [5, 5.41) is 0. The van der Waals surface area contributed by atoms with Crippen molar-refractivity contribution in [3.05, 3.63) is 0 Å². The molecule has 0 N–H and O–H groups in total. The van der Waals surface area contributed by atoms with Crippen LogP contribution in [0.5, 0.6) is 0 Å². The summed E-state index contributed by atoms with van der Waals surface area (Å²) in [4.78, 5) is 0. The van der Waals surface area contributed by atoms with Crippen molar-refractivity contribution in [3.63, 3.8) is 0 Å². The molecule has 14 saturated carbocycles.